The average molecular weight is 322 g/mol. The van der Waals surface area contributed by atoms with Crippen LogP contribution in [0.3, 0.4) is 0 Å². The molecule has 0 aromatic carbocycles. The van der Waals surface area contributed by atoms with E-state index in [-0.39, 0.29) is 11.9 Å². The SMILES string of the molecule is ICC=CC1(OC2CCCCO2)CCC1. The average Bonchev–Trinajstić information content (AvgIpc) is 2.23. The summed E-state index contributed by atoms with van der Waals surface area (Å²) in [6.07, 6.45) is 11.6. The van der Waals surface area contributed by atoms with Gasteiger partial charge in [-0.1, -0.05) is 34.7 Å². The van der Waals surface area contributed by atoms with Crippen molar-refractivity contribution in [1.29, 1.82) is 0 Å². The van der Waals surface area contributed by atoms with Crippen LogP contribution in [-0.4, -0.2) is 22.9 Å². The van der Waals surface area contributed by atoms with Gasteiger partial charge in [-0.3, -0.25) is 0 Å². The van der Waals surface area contributed by atoms with E-state index in [1.165, 1.54) is 32.1 Å². The standard InChI is InChI=1S/C12H19IO2/c13-9-4-8-12(6-3-7-12)15-11-5-1-2-10-14-11/h4,8,11H,1-3,5-7,9-10H2. The highest BCUT2D eigenvalue weighted by atomic mass is 127. The Morgan fingerprint density at radius 3 is 2.73 bits per heavy atom. The quantitative estimate of drug-likeness (QED) is 0.448. The first-order valence-electron chi connectivity index (χ1n) is 5.88. The van der Waals surface area contributed by atoms with E-state index in [2.05, 4.69) is 34.7 Å². The van der Waals surface area contributed by atoms with Gasteiger partial charge in [0.25, 0.3) is 0 Å². The van der Waals surface area contributed by atoms with E-state index in [0.717, 1.165) is 17.5 Å². The van der Waals surface area contributed by atoms with E-state index in [4.69, 9.17) is 9.47 Å². The summed E-state index contributed by atoms with van der Waals surface area (Å²) < 4.78 is 12.8. The van der Waals surface area contributed by atoms with Crippen molar-refractivity contribution in [3.05, 3.63) is 12.2 Å². The molecule has 1 saturated heterocycles. The number of ether oxygens (including phenoxy) is 2. The molecule has 0 aromatic rings. The Labute approximate surface area is 106 Å². The molecule has 3 heteroatoms. The Bertz CT molecular complexity index is 218. The molecular weight excluding hydrogens is 303 g/mol. The van der Waals surface area contributed by atoms with Gasteiger partial charge < -0.3 is 9.47 Å². The first-order chi connectivity index (χ1) is 7.35. The molecule has 2 aliphatic rings. The summed E-state index contributed by atoms with van der Waals surface area (Å²) >= 11 is 2.37. The van der Waals surface area contributed by atoms with Gasteiger partial charge in [-0.05, 0) is 38.5 Å². The molecule has 2 rings (SSSR count). The maximum Gasteiger partial charge on any atom is 0.158 e. The third-order valence-corrected chi connectivity index (χ3v) is 3.72. The summed E-state index contributed by atoms with van der Waals surface area (Å²) in [6.45, 7) is 0.872. The summed E-state index contributed by atoms with van der Waals surface area (Å²) in [4.78, 5) is 0. The van der Waals surface area contributed by atoms with Gasteiger partial charge in [0.2, 0.25) is 0 Å². The van der Waals surface area contributed by atoms with Crippen LogP contribution in [0.1, 0.15) is 38.5 Å². The van der Waals surface area contributed by atoms with E-state index < -0.39 is 0 Å². The monoisotopic (exact) mass is 322 g/mol. The molecule has 86 valence electrons. The molecule has 1 aliphatic carbocycles. The molecule has 2 nitrogen and oxygen atoms in total. The summed E-state index contributed by atoms with van der Waals surface area (Å²) in [7, 11) is 0. The van der Waals surface area contributed by atoms with Gasteiger partial charge in [-0.15, -0.1) is 0 Å². The fourth-order valence-corrected chi connectivity index (χ4v) is 2.43. The highest BCUT2D eigenvalue weighted by Gasteiger charge is 2.38. The van der Waals surface area contributed by atoms with E-state index in [1.807, 2.05) is 0 Å². The minimum absolute atomic E-state index is 0.0210. The lowest BCUT2D eigenvalue weighted by atomic mass is 9.79. The Balaban J connectivity index is 1.86. The first-order valence-corrected chi connectivity index (χ1v) is 7.40. The maximum absolute atomic E-state index is 6.10. The Hall–Kier alpha value is 0.390. The summed E-state index contributed by atoms with van der Waals surface area (Å²) in [5.41, 5.74) is 0.0210. The number of hydrogen-bond donors (Lipinski definition) is 0. The smallest absolute Gasteiger partial charge is 0.158 e. The molecule has 15 heavy (non-hydrogen) atoms. The van der Waals surface area contributed by atoms with Crippen LogP contribution < -0.4 is 0 Å². The largest absolute Gasteiger partial charge is 0.353 e. The van der Waals surface area contributed by atoms with Gasteiger partial charge in [0.15, 0.2) is 6.29 Å². The van der Waals surface area contributed by atoms with Crippen LogP contribution in [-0.2, 0) is 9.47 Å². The second kappa shape index (κ2) is 5.64. The highest BCUT2D eigenvalue weighted by molar-refractivity contribution is 14.1. The van der Waals surface area contributed by atoms with Crippen molar-refractivity contribution in [2.75, 3.05) is 11.0 Å². The number of allylic oxidation sites excluding steroid dienone is 1. The van der Waals surface area contributed by atoms with Crippen molar-refractivity contribution in [3.63, 3.8) is 0 Å². The highest BCUT2D eigenvalue weighted by Crippen LogP contribution is 2.39. The number of rotatable bonds is 4. The predicted molar refractivity (Wildman–Crippen MR) is 69.3 cm³/mol. The Morgan fingerprint density at radius 2 is 2.20 bits per heavy atom. The lowest BCUT2D eigenvalue weighted by molar-refractivity contribution is -0.229. The second-order valence-electron chi connectivity index (χ2n) is 4.39. The molecule has 0 bridgehead atoms. The van der Waals surface area contributed by atoms with E-state index in [9.17, 15) is 0 Å². The van der Waals surface area contributed by atoms with Crippen LogP contribution in [0.2, 0.25) is 0 Å². The Morgan fingerprint density at radius 1 is 1.33 bits per heavy atom. The number of halogens is 1. The molecular formula is C12H19IO2. The predicted octanol–water partition coefficient (Wildman–Crippen LogP) is 3.44. The Kier molecular flexibility index (Phi) is 4.46. The van der Waals surface area contributed by atoms with Crippen molar-refractivity contribution >= 4 is 22.6 Å². The summed E-state index contributed by atoms with van der Waals surface area (Å²) in [5.74, 6) is 0. The molecule has 0 spiro atoms. The maximum atomic E-state index is 6.10. The van der Waals surface area contributed by atoms with Crippen molar-refractivity contribution < 1.29 is 9.47 Å². The number of alkyl halides is 1. The minimum atomic E-state index is 0.0210. The van der Waals surface area contributed by atoms with Gasteiger partial charge in [0.1, 0.15) is 0 Å². The van der Waals surface area contributed by atoms with Gasteiger partial charge >= 0.3 is 0 Å². The fraction of sp³-hybridized carbons (Fsp3) is 0.833. The topological polar surface area (TPSA) is 18.5 Å². The summed E-state index contributed by atoms with van der Waals surface area (Å²) in [6, 6.07) is 0. The fourth-order valence-electron chi connectivity index (χ4n) is 2.17. The lowest BCUT2D eigenvalue weighted by Crippen LogP contribution is -2.43. The molecule has 1 aliphatic heterocycles. The van der Waals surface area contributed by atoms with Crippen LogP contribution in [0.5, 0.6) is 0 Å². The molecule has 1 atom stereocenters. The minimum Gasteiger partial charge on any atom is -0.353 e. The van der Waals surface area contributed by atoms with Crippen molar-refractivity contribution in [2.24, 2.45) is 0 Å². The van der Waals surface area contributed by atoms with Crippen molar-refractivity contribution in [2.45, 2.75) is 50.4 Å². The van der Waals surface area contributed by atoms with Gasteiger partial charge in [-0.25, -0.2) is 0 Å². The molecule has 2 fully saturated rings. The number of hydrogen-bond acceptors (Lipinski definition) is 2. The van der Waals surface area contributed by atoms with Crippen LogP contribution >= 0.6 is 22.6 Å². The van der Waals surface area contributed by atoms with E-state index in [0.29, 0.717) is 0 Å². The van der Waals surface area contributed by atoms with E-state index >= 15 is 0 Å². The van der Waals surface area contributed by atoms with Crippen molar-refractivity contribution in [3.8, 4) is 0 Å². The third-order valence-electron chi connectivity index (χ3n) is 3.21. The molecule has 1 unspecified atom stereocenters. The lowest BCUT2D eigenvalue weighted by Gasteiger charge is -2.42. The van der Waals surface area contributed by atoms with Crippen LogP contribution in [0.15, 0.2) is 12.2 Å². The molecule has 0 amide bonds. The molecule has 0 radical (unpaired) electrons. The van der Waals surface area contributed by atoms with Crippen molar-refractivity contribution in [1.82, 2.24) is 0 Å². The normalized spacial score (nSPS) is 30.3. The zero-order valence-electron chi connectivity index (χ0n) is 9.08. The molecule has 0 aromatic heterocycles. The zero-order chi connectivity index (χ0) is 10.6. The van der Waals surface area contributed by atoms with E-state index in [1.54, 1.807) is 0 Å². The second-order valence-corrected chi connectivity index (χ2v) is 5.27. The van der Waals surface area contributed by atoms with Crippen LogP contribution in [0, 0.1) is 0 Å². The molecule has 0 N–H and O–H groups in total. The first kappa shape index (κ1) is 11.9. The molecule has 1 saturated carbocycles. The zero-order valence-corrected chi connectivity index (χ0v) is 11.2. The van der Waals surface area contributed by atoms with Gasteiger partial charge in [-0.2, -0.15) is 0 Å². The third kappa shape index (κ3) is 3.17. The van der Waals surface area contributed by atoms with Crippen LogP contribution in [0.4, 0.5) is 0 Å². The van der Waals surface area contributed by atoms with Crippen LogP contribution in [0.25, 0.3) is 0 Å². The summed E-state index contributed by atoms with van der Waals surface area (Å²) in [5, 5.41) is 0. The van der Waals surface area contributed by atoms with Gasteiger partial charge in [0.05, 0.1) is 5.60 Å². The van der Waals surface area contributed by atoms with Gasteiger partial charge in [0, 0.05) is 11.0 Å². The molecule has 1 heterocycles.